The van der Waals surface area contributed by atoms with Gasteiger partial charge in [0.05, 0.1) is 0 Å². The lowest BCUT2D eigenvalue weighted by atomic mass is 10.3. The maximum absolute atomic E-state index is 11.1. The number of carbonyl (C=O) groups is 1. The van der Waals surface area contributed by atoms with E-state index >= 15 is 0 Å². The van der Waals surface area contributed by atoms with E-state index in [1.807, 2.05) is 12.5 Å². The second kappa shape index (κ2) is 4.26. The van der Waals surface area contributed by atoms with Crippen molar-refractivity contribution in [1.29, 1.82) is 0 Å². The third-order valence-corrected chi connectivity index (χ3v) is 3.07. The summed E-state index contributed by atoms with van der Waals surface area (Å²) in [5.41, 5.74) is 5.25. The minimum Gasteiger partial charge on any atom is -0.330 e. The van der Waals surface area contributed by atoms with Crippen LogP contribution in [0.15, 0.2) is 0 Å². The molecule has 10 heavy (non-hydrogen) atoms. The first-order chi connectivity index (χ1) is 4.48. The van der Waals surface area contributed by atoms with E-state index < -0.39 is 9.06 Å². The molecule has 4 heteroatoms. The highest BCUT2D eigenvalue weighted by atomic mass is 33.1. The molecule has 0 saturated heterocycles. The lowest BCUT2D eigenvalue weighted by molar-refractivity contribution is -0.111. The van der Waals surface area contributed by atoms with Gasteiger partial charge in [-0.05, 0) is 25.5 Å². The van der Waals surface area contributed by atoms with Crippen LogP contribution in [0.1, 0.15) is 12.8 Å². The van der Waals surface area contributed by atoms with Gasteiger partial charge in [0.1, 0.15) is 0 Å². The number of hydrogen-bond acceptors (Lipinski definition) is 3. The topological polar surface area (TPSA) is 43.1 Å². The van der Waals surface area contributed by atoms with Crippen molar-refractivity contribution in [2.45, 2.75) is 12.8 Å². The van der Waals surface area contributed by atoms with Crippen LogP contribution in [-0.4, -0.2) is 24.2 Å². The lowest BCUT2D eigenvalue weighted by Gasteiger charge is -2.20. The smallest absolute Gasteiger partial charge is 0.180 e. The molecule has 62 valence electrons. The predicted molar refractivity (Wildman–Crippen MR) is 51.7 cm³/mol. The van der Waals surface area contributed by atoms with E-state index in [4.69, 9.17) is 5.73 Å². The second-order valence-corrected chi connectivity index (χ2v) is 8.28. The summed E-state index contributed by atoms with van der Waals surface area (Å²) in [6.45, 7) is 0.592. The molecule has 2 N–H and O–H groups in total. The van der Waals surface area contributed by atoms with Crippen LogP contribution in [0.2, 0.25) is 0 Å². The Bertz CT molecular complexity index is 119. The highest BCUT2D eigenvalue weighted by Crippen LogP contribution is 2.46. The Morgan fingerprint density at radius 1 is 1.60 bits per heavy atom. The fourth-order valence-corrected chi connectivity index (χ4v) is 1.41. The molecule has 2 nitrogen and oxygen atoms in total. The summed E-state index contributed by atoms with van der Waals surface area (Å²) in [6.07, 6.45) is 5.14. The van der Waals surface area contributed by atoms with Crippen LogP contribution in [0.5, 0.6) is 0 Å². The molecule has 0 aromatic carbocycles. The predicted octanol–water partition coefficient (Wildman–Crippen LogP) is 1.16. The molecule has 0 fully saturated rings. The van der Waals surface area contributed by atoms with Crippen molar-refractivity contribution in [2.75, 3.05) is 19.1 Å². The van der Waals surface area contributed by atoms with Crippen LogP contribution in [0.25, 0.3) is 0 Å². The third kappa shape index (κ3) is 4.19. The van der Waals surface area contributed by atoms with Crippen LogP contribution in [0, 0.1) is 0 Å². The summed E-state index contributed by atoms with van der Waals surface area (Å²) in [5.74, 6) is 0. The molecule has 0 aromatic heterocycles. The molecule has 0 saturated carbocycles. The first-order valence-corrected chi connectivity index (χ1v) is 6.67. The van der Waals surface area contributed by atoms with Gasteiger partial charge in [-0.2, -0.15) is 0 Å². The lowest BCUT2D eigenvalue weighted by Crippen LogP contribution is -2.07. The molecule has 0 heterocycles. The van der Waals surface area contributed by atoms with Gasteiger partial charge in [-0.1, -0.05) is 0 Å². The minimum absolute atomic E-state index is 0.251. The van der Waals surface area contributed by atoms with Gasteiger partial charge in [0, 0.05) is 6.42 Å². The summed E-state index contributed by atoms with van der Waals surface area (Å²) in [4.78, 5) is 11.1. The fourth-order valence-electron chi connectivity index (χ4n) is 0.496. The number of carbonyl (C=O) groups excluding carboxylic acids is 1. The Labute approximate surface area is 68.7 Å². The number of thiol groups is 1. The summed E-state index contributed by atoms with van der Waals surface area (Å²) < 4.78 is 0. The van der Waals surface area contributed by atoms with Crippen molar-refractivity contribution in [3.8, 4) is 0 Å². The third-order valence-electron chi connectivity index (χ3n) is 1.14. The molecule has 0 aliphatic carbocycles. The highest BCUT2D eigenvalue weighted by molar-refractivity contribution is 8.93. The Hall–Kier alpha value is 0.330. The van der Waals surface area contributed by atoms with Crippen molar-refractivity contribution in [3.05, 3.63) is 0 Å². The van der Waals surface area contributed by atoms with Gasteiger partial charge in [-0.15, -0.1) is 20.7 Å². The Morgan fingerprint density at radius 2 is 2.10 bits per heavy atom. The molecule has 0 aliphatic heterocycles. The number of hydrogen-bond donors (Lipinski definition) is 2. The standard InChI is InChI=1S/C6H15NOS2/c1-10(2,9)6(8)4-3-5-7/h9H,3-5,7H2,1-2H3. The van der Waals surface area contributed by atoms with Gasteiger partial charge < -0.3 is 5.73 Å². The van der Waals surface area contributed by atoms with E-state index in [-0.39, 0.29) is 5.12 Å². The average molecular weight is 181 g/mol. The van der Waals surface area contributed by atoms with Crippen molar-refractivity contribution in [1.82, 2.24) is 0 Å². The van der Waals surface area contributed by atoms with Gasteiger partial charge in [-0.3, -0.25) is 4.79 Å². The van der Waals surface area contributed by atoms with Crippen LogP contribution in [0.3, 0.4) is 0 Å². The zero-order valence-electron chi connectivity index (χ0n) is 6.46. The van der Waals surface area contributed by atoms with Crippen LogP contribution in [0.4, 0.5) is 0 Å². The molecule has 0 atom stereocenters. The van der Waals surface area contributed by atoms with Gasteiger partial charge in [0.2, 0.25) is 0 Å². The first kappa shape index (κ1) is 10.3. The van der Waals surface area contributed by atoms with E-state index in [0.717, 1.165) is 6.42 Å². The zero-order chi connectivity index (χ0) is 8.20. The molecule has 0 rings (SSSR count). The largest absolute Gasteiger partial charge is 0.330 e. The molecule has 0 aliphatic rings. The molecule has 0 amide bonds. The molecular weight excluding hydrogens is 166 g/mol. The number of nitrogens with two attached hydrogens (primary N) is 1. The van der Waals surface area contributed by atoms with E-state index in [0.29, 0.717) is 13.0 Å². The average Bonchev–Trinajstić information content (AvgIpc) is 1.80. The summed E-state index contributed by atoms with van der Waals surface area (Å²) in [6, 6.07) is 0. The zero-order valence-corrected chi connectivity index (χ0v) is 8.17. The quantitative estimate of drug-likeness (QED) is 0.507. The van der Waals surface area contributed by atoms with Crippen LogP contribution in [-0.2, 0) is 4.79 Å². The SMILES string of the molecule is CS(C)(S)C(=O)CCCN. The monoisotopic (exact) mass is 181 g/mol. The van der Waals surface area contributed by atoms with Crippen molar-refractivity contribution < 1.29 is 4.79 Å². The van der Waals surface area contributed by atoms with E-state index in [2.05, 4.69) is 11.7 Å². The first-order valence-electron chi connectivity index (χ1n) is 3.17. The number of rotatable bonds is 3. The maximum Gasteiger partial charge on any atom is 0.180 e. The Kier molecular flexibility index (Phi) is 4.40. The summed E-state index contributed by atoms with van der Waals surface area (Å²) in [5, 5.41) is 0.251. The molecule has 0 bridgehead atoms. The Balaban J connectivity index is 3.64. The summed E-state index contributed by atoms with van der Waals surface area (Å²) >= 11 is 4.22. The molecule has 0 unspecified atom stereocenters. The summed E-state index contributed by atoms with van der Waals surface area (Å²) in [7, 11) is -1.28. The van der Waals surface area contributed by atoms with E-state index in [9.17, 15) is 4.79 Å². The maximum atomic E-state index is 11.1. The van der Waals surface area contributed by atoms with Gasteiger partial charge in [0.25, 0.3) is 0 Å². The van der Waals surface area contributed by atoms with Crippen molar-refractivity contribution >= 4 is 25.8 Å². The van der Waals surface area contributed by atoms with E-state index in [1.54, 1.807) is 0 Å². The van der Waals surface area contributed by atoms with Gasteiger partial charge >= 0.3 is 0 Å². The second-order valence-electron chi connectivity index (χ2n) is 2.54. The molecule has 0 aromatic rings. The Morgan fingerprint density at radius 3 is 2.40 bits per heavy atom. The van der Waals surface area contributed by atoms with E-state index in [1.165, 1.54) is 0 Å². The minimum atomic E-state index is -1.28. The molecular formula is C6H15NOS2. The highest BCUT2D eigenvalue weighted by Gasteiger charge is 2.15. The molecule has 0 spiro atoms. The van der Waals surface area contributed by atoms with Gasteiger partial charge in [0.15, 0.2) is 5.12 Å². The van der Waals surface area contributed by atoms with Crippen molar-refractivity contribution in [3.63, 3.8) is 0 Å². The van der Waals surface area contributed by atoms with Crippen molar-refractivity contribution in [2.24, 2.45) is 5.73 Å². The normalized spacial score (nSPS) is 13.2. The fraction of sp³-hybridized carbons (Fsp3) is 0.833. The van der Waals surface area contributed by atoms with Gasteiger partial charge in [-0.25, -0.2) is 0 Å². The van der Waals surface area contributed by atoms with Crippen LogP contribution >= 0.6 is 20.7 Å². The molecule has 0 radical (unpaired) electrons. The van der Waals surface area contributed by atoms with Crippen LogP contribution < -0.4 is 5.73 Å².